The fraction of sp³-hybridized carbons (Fsp3) is 0.250. The molecule has 2 aromatic heterocycles. The third-order valence-electron chi connectivity index (χ3n) is 2.96. The van der Waals surface area contributed by atoms with Gasteiger partial charge >= 0.3 is 0 Å². The van der Waals surface area contributed by atoms with Crippen LogP contribution in [0.4, 0.5) is 0 Å². The number of hydrogen-bond donors (Lipinski definition) is 1. The van der Waals surface area contributed by atoms with Crippen LogP contribution in [0.5, 0.6) is 5.75 Å². The van der Waals surface area contributed by atoms with Crippen LogP contribution in [0, 0.1) is 4.77 Å². The number of nitrogens with zero attached hydrogens (tertiary/aromatic N) is 3. The fourth-order valence-corrected chi connectivity index (χ4v) is 2.35. The molecule has 0 aliphatic heterocycles. The van der Waals surface area contributed by atoms with Gasteiger partial charge in [-0.1, -0.05) is 11.2 Å². The summed E-state index contributed by atoms with van der Waals surface area (Å²) in [4.78, 5) is 7.16. The van der Waals surface area contributed by atoms with Gasteiger partial charge < -0.3 is 18.8 Å². The van der Waals surface area contributed by atoms with Crippen molar-refractivity contribution in [3.8, 4) is 5.75 Å². The molecule has 3 aromatic rings. The van der Waals surface area contributed by atoms with Crippen molar-refractivity contribution < 1.29 is 9.26 Å². The summed E-state index contributed by atoms with van der Waals surface area (Å²) >= 11 is 5.34. The van der Waals surface area contributed by atoms with E-state index in [9.17, 15) is 0 Å². The van der Waals surface area contributed by atoms with Gasteiger partial charge in [0.25, 0.3) is 0 Å². The molecule has 0 radical (unpaired) electrons. The minimum Gasteiger partial charge on any atom is -0.494 e. The Balaban J connectivity index is 1.99. The minimum atomic E-state index is 0.656. The number of methoxy groups -OCH3 is 1. The molecule has 0 fully saturated rings. The number of rotatable bonds is 4. The molecule has 0 bridgehead atoms. The second kappa shape index (κ2) is 4.85. The monoisotopic (exact) mass is 276 g/mol. The van der Waals surface area contributed by atoms with Crippen molar-refractivity contribution in [1.82, 2.24) is 19.7 Å². The van der Waals surface area contributed by atoms with Gasteiger partial charge in [-0.2, -0.15) is 4.98 Å². The van der Waals surface area contributed by atoms with Crippen LogP contribution in [-0.4, -0.2) is 26.8 Å². The van der Waals surface area contributed by atoms with Gasteiger partial charge in [0.2, 0.25) is 6.39 Å². The Morgan fingerprint density at radius 3 is 3.11 bits per heavy atom. The summed E-state index contributed by atoms with van der Waals surface area (Å²) in [7, 11) is 1.64. The molecule has 98 valence electrons. The number of aryl methyl sites for hydroxylation is 2. The van der Waals surface area contributed by atoms with E-state index in [1.807, 2.05) is 22.8 Å². The van der Waals surface area contributed by atoms with Crippen LogP contribution in [-0.2, 0) is 13.0 Å². The van der Waals surface area contributed by atoms with Crippen LogP contribution in [0.1, 0.15) is 5.82 Å². The normalized spacial score (nSPS) is 11.0. The summed E-state index contributed by atoms with van der Waals surface area (Å²) in [6, 6.07) is 5.84. The van der Waals surface area contributed by atoms with Crippen LogP contribution in [0.25, 0.3) is 11.0 Å². The van der Waals surface area contributed by atoms with E-state index in [0.717, 1.165) is 16.8 Å². The molecule has 0 aliphatic carbocycles. The van der Waals surface area contributed by atoms with E-state index in [1.54, 1.807) is 7.11 Å². The summed E-state index contributed by atoms with van der Waals surface area (Å²) < 4.78 is 12.7. The van der Waals surface area contributed by atoms with Gasteiger partial charge in [-0.25, -0.2) is 0 Å². The SMILES string of the molecule is COc1cccc2c1[nH]c(=S)n2CCc1ncon1. The van der Waals surface area contributed by atoms with Gasteiger partial charge in [0.05, 0.1) is 12.6 Å². The average molecular weight is 276 g/mol. The lowest BCUT2D eigenvalue weighted by Gasteiger charge is -2.03. The predicted molar refractivity (Wildman–Crippen MR) is 71.7 cm³/mol. The number of hydrogen-bond acceptors (Lipinski definition) is 5. The number of benzene rings is 1. The first-order valence-electron chi connectivity index (χ1n) is 5.80. The molecule has 19 heavy (non-hydrogen) atoms. The van der Waals surface area contributed by atoms with Crippen molar-refractivity contribution in [2.75, 3.05) is 7.11 Å². The Hall–Kier alpha value is -2.15. The fourth-order valence-electron chi connectivity index (χ4n) is 2.06. The molecule has 0 unspecified atom stereocenters. The molecular formula is C12H12N4O2S. The van der Waals surface area contributed by atoms with E-state index in [4.69, 9.17) is 21.5 Å². The molecule has 1 aromatic carbocycles. The molecule has 0 saturated carbocycles. The molecule has 0 saturated heterocycles. The highest BCUT2D eigenvalue weighted by atomic mass is 32.1. The first kappa shape index (κ1) is 11.9. The van der Waals surface area contributed by atoms with Gasteiger partial charge in [0.1, 0.15) is 11.3 Å². The van der Waals surface area contributed by atoms with Gasteiger partial charge in [-0.05, 0) is 24.4 Å². The van der Waals surface area contributed by atoms with Gasteiger partial charge in [-0.3, -0.25) is 0 Å². The second-order valence-electron chi connectivity index (χ2n) is 4.03. The highest BCUT2D eigenvalue weighted by Crippen LogP contribution is 2.24. The van der Waals surface area contributed by atoms with E-state index in [-0.39, 0.29) is 0 Å². The molecular weight excluding hydrogens is 264 g/mol. The van der Waals surface area contributed by atoms with Crippen LogP contribution in [0.3, 0.4) is 0 Å². The summed E-state index contributed by atoms with van der Waals surface area (Å²) in [5.74, 6) is 1.45. The Labute approximate surface area is 114 Å². The zero-order valence-electron chi connectivity index (χ0n) is 10.3. The zero-order valence-corrected chi connectivity index (χ0v) is 11.1. The van der Waals surface area contributed by atoms with E-state index in [0.29, 0.717) is 23.6 Å². The predicted octanol–water partition coefficient (Wildman–Crippen LogP) is 2.33. The van der Waals surface area contributed by atoms with E-state index < -0.39 is 0 Å². The van der Waals surface area contributed by atoms with Gasteiger partial charge in [-0.15, -0.1) is 0 Å². The maximum Gasteiger partial charge on any atom is 0.213 e. The summed E-state index contributed by atoms with van der Waals surface area (Å²) in [6.07, 6.45) is 1.99. The first-order chi connectivity index (χ1) is 9.29. The minimum absolute atomic E-state index is 0.656. The maximum absolute atomic E-state index is 5.34. The number of imidazole rings is 1. The second-order valence-corrected chi connectivity index (χ2v) is 4.42. The standard InChI is InChI=1S/C12H12N4O2S/c1-17-9-4-2-3-8-11(9)14-12(19)16(8)6-5-10-13-7-18-15-10/h2-4,7H,5-6H2,1H3,(H,14,19). The first-order valence-corrected chi connectivity index (χ1v) is 6.21. The van der Waals surface area contributed by atoms with E-state index in [2.05, 4.69) is 15.1 Å². The van der Waals surface area contributed by atoms with E-state index in [1.165, 1.54) is 6.39 Å². The molecule has 0 spiro atoms. The number of ether oxygens (including phenoxy) is 1. The largest absolute Gasteiger partial charge is 0.494 e. The Morgan fingerprint density at radius 2 is 2.37 bits per heavy atom. The van der Waals surface area contributed by atoms with Gasteiger partial charge in [0, 0.05) is 13.0 Å². The molecule has 6 nitrogen and oxygen atoms in total. The summed E-state index contributed by atoms with van der Waals surface area (Å²) in [5, 5.41) is 3.79. The Bertz CT molecular complexity index is 745. The molecule has 3 rings (SSSR count). The van der Waals surface area contributed by atoms with Crippen molar-refractivity contribution in [3.05, 3.63) is 35.2 Å². The number of fused-ring (bicyclic) bond motifs is 1. The van der Waals surface area contributed by atoms with Crippen LogP contribution >= 0.6 is 12.2 Å². The number of aromatic amines is 1. The van der Waals surface area contributed by atoms with Crippen LogP contribution < -0.4 is 4.74 Å². The van der Waals surface area contributed by atoms with Crippen molar-refractivity contribution in [1.29, 1.82) is 0 Å². The summed E-state index contributed by atoms with van der Waals surface area (Å²) in [6.45, 7) is 0.686. The lowest BCUT2D eigenvalue weighted by Crippen LogP contribution is -2.02. The quantitative estimate of drug-likeness (QED) is 0.741. The zero-order chi connectivity index (χ0) is 13.2. The lowest BCUT2D eigenvalue weighted by molar-refractivity contribution is 0.408. The molecule has 1 N–H and O–H groups in total. The third-order valence-corrected chi connectivity index (χ3v) is 3.28. The van der Waals surface area contributed by atoms with Crippen LogP contribution in [0.2, 0.25) is 0 Å². The van der Waals surface area contributed by atoms with Gasteiger partial charge in [0.15, 0.2) is 10.6 Å². The number of nitrogens with one attached hydrogen (secondary N) is 1. The number of aromatic nitrogens is 4. The van der Waals surface area contributed by atoms with Crippen LogP contribution in [0.15, 0.2) is 29.1 Å². The molecule has 0 aliphatic rings. The maximum atomic E-state index is 5.34. The van der Waals surface area contributed by atoms with E-state index >= 15 is 0 Å². The van der Waals surface area contributed by atoms with Crippen molar-refractivity contribution in [2.45, 2.75) is 13.0 Å². The Kier molecular flexibility index (Phi) is 3.04. The lowest BCUT2D eigenvalue weighted by atomic mass is 10.3. The highest BCUT2D eigenvalue weighted by molar-refractivity contribution is 7.71. The highest BCUT2D eigenvalue weighted by Gasteiger charge is 2.09. The Morgan fingerprint density at radius 1 is 1.47 bits per heavy atom. The van der Waals surface area contributed by atoms with Crippen molar-refractivity contribution in [3.63, 3.8) is 0 Å². The summed E-state index contributed by atoms with van der Waals surface area (Å²) in [5.41, 5.74) is 1.91. The molecule has 2 heterocycles. The van der Waals surface area contributed by atoms with Crippen molar-refractivity contribution in [2.24, 2.45) is 0 Å². The number of para-hydroxylation sites is 1. The molecule has 7 heteroatoms. The van der Waals surface area contributed by atoms with Crippen molar-refractivity contribution >= 4 is 23.3 Å². The third kappa shape index (κ3) is 2.12. The average Bonchev–Trinajstić information content (AvgIpc) is 3.03. The number of H-pyrrole nitrogens is 1. The molecule has 0 amide bonds. The molecule has 0 atom stereocenters. The topological polar surface area (TPSA) is 68.9 Å². The smallest absolute Gasteiger partial charge is 0.213 e.